The summed E-state index contributed by atoms with van der Waals surface area (Å²) in [5.41, 5.74) is 6.13. The van der Waals surface area contributed by atoms with Crippen LogP contribution >= 0.6 is 15.9 Å². The van der Waals surface area contributed by atoms with Gasteiger partial charge in [0, 0.05) is 24.2 Å². The van der Waals surface area contributed by atoms with Gasteiger partial charge in [0.05, 0.1) is 4.47 Å². The summed E-state index contributed by atoms with van der Waals surface area (Å²) in [5, 5.41) is 0. The fraction of sp³-hybridized carbons (Fsp3) is 0.143. The maximum Gasteiger partial charge on any atom is 0.153 e. The summed E-state index contributed by atoms with van der Waals surface area (Å²) >= 11 is 3.23. The van der Waals surface area contributed by atoms with Crippen molar-refractivity contribution in [3.05, 3.63) is 28.4 Å². The second kappa shape index (κ2) is 3.48. The van der Waals surface area contributed by atoms with E-state index in [0.29, 0.717) is 11.5 Å². The summed E-state index contributed by atoms with van der Waals surface area (Å²) in [7, 11) is 0. The summed E-state index contributed by atoms with van der Waals surface area (Å²) in [4.78, 5) is 8.01. The van der Waals surface area contributed by atoms with Gasteiger partial charge in [-0.05, 0) is 22.9 Å². The molecule has 4 heteroatoms. The molecular weight excluding hydrogens is 206 g/mol. The van der Waals surface area contributed by atoms with Crippen molar-refractivity contribution in [1.82, 2.24) is 9.97 Å². The number of rotatable bonds is 1. The molecule has 0 saturated carbocycles. The standard InChI is InChI=1S/C7H8BrN3/c1-5(9)2-7-10-3-6(8)4-11-7/h2-4H,9H2,1H3/b5-2-. The summed E-state index contributed by atoms with van der Waals surface area (Å²) in [6, 6.07) is 0. The topological polar surface area (TPSA) is 51.8 Å². The molecule has 0 aliphatic heterocycles. The van der Waals surface area contributed by atoms with Gasteiger partial charge >= 0.3 is 0 Å². The van der Waals surface area contributed by atoms with Crippen molar-refractivity contribution >= 4 is 22.0 Å². The van der Waals surface area contributed by atoms with Gasteiger partial charge in [0.1, 0.15) is 0 Å². The first-order valence-electron chi connectivity index (χ1n) is 3.10. The van der Waals surface area contributed by atoms with Gasteiger partial charge in [0.25, 0.3) is 0 Å². The lowest BCUT2D eigenvalue weighted by atomic mass is 10.4. The molecule has 0 atom stereocenters. The number of halogens is 1. The Hall–Kier alpha value is -0.900. The van der Waals surface area contributed by atoms with Crippen LogP contribution < -0.4 is 5.73 Å². The lowest BCUT2D eigenvalue weighted by Crippen LogP contribution is -1.92. The number of allylic oxidation sites excluding steroid dienone is 1. The number of nitrogens with zero attached hydrogens (tertiary/aromatic N) is 2. The first-order chi connectivity index (χ1) is 5.18. The van der Waals surface area contributed by atoms with Crippen LogP contribution in [0, 0.1) is 0 Å². The molecule has 1 rings (SSSR count). The predicted molar refractivity (Wildman–Crippen MR) is 47.6 cm³/mol. The monoisotopic (exact) mass is 213 g/mol. The van der Waals surface area contributed by atoms with Gasteiger partial charge in [-0.1, -0.05) is 0 Å². The lowest BCUT2D eigenvalue weighted by Gasteiger charge is -1.92. The highest BCUT2D eigenvalue weighted by Crippen LogP contribution is 2.05. The van der Waals surface area contributed by atoms with Crippen molar-refractivity contribution in [3.8, 4) is 0 Å². The number of hydrogen-bond acceptors (Lipinski definition) is 3. The summed E-state index contributed by atoms with van der Waals surface area (Å²) < 4.78 is 0.865. The Labute approximate surface area is 73.5 Å². The van der Waals surface area contributed by atoms with Crippen molar-refractivity contribution in [1.29, 1.82) is 0 Å². The Kier molecular flexibility index (Phi) is 2.59. The van der Waals surface area contributed by atoms with Gasteiger partial charge in [-0.3, -0.25) is 0 Å². The largest absolute Gasteiger partial charge is 0.402 e. The quantitative estimate of drug-likeness (QED) is 0.771. The highest BCUT2D eigenvalue weighted by atomic mass is 79.9. The maximum absolute atomic E-state index is 5.43. The highest BCUT2D eigenvalue weighted by Gasteiger charge is 1.90. The fourth-order valence-corrected chi connectivity index (χ4v) is 0.805. The van der Waals surface area contributed by atoms with E-state index in [1.807, 2.05) is 0 Å². The first-order valence-corrected chi connectivity index (χ1v) is 3.89. The van der Waals surface area contributed by atoms with Crippen molar-refractivity contribution < 1.29 is 0 Å². The number of hydrogen-bond donors (Lipinski definition) is 1. The molecular formula is C7H8BrN3. The van der Waals surface area contributed by atoms with Crippen molar-refractivity contribution in [2.75, 3.05) is 0 Å². The normalized spacial score (nSPS) is 11.6. The molecule has 1 aromatic rings. The summed E-state index contributed by atoms with van der Waals surface area (Å²) in [6.45, 7) is 1.80. The molecule has 2 N–H and O–H groups in total. The molecule has 1 aromatic heterocycles. The van der Waals surface area contributed by atoms with Crippen molar-refractivity contribution in [2.45, 2.75) is 6.92 Å². The van der Waals surface area contributed by atoms with Gasteiger partial charge in [0.2, 0.25) is 0 Å². The van der Waals surface area contributed by atoms with Gasteiger partial charge in [-0.2, -0.15) is 0 Å². The fourth-order valence-electron chi connectivity index (χ4n) is 0.600. The Bertz CT molecular complexity index is 262. The van der Waals surface area contributed by atoms with Crippen LogP contribution in [0.5, 0.6) is 0 Å². The minimum atomic E-state index is 0.633. The van der Waals surface area contributed by atoms with E-state index in [1.165, 1.54) is 0 Å². The molecule has 0 radical (unpaired) electrons. The second-order valence-electron chi connectivity index (χ2n) is 2.15. The number of aromatic nitrogens is 2. The molecule has 0 fully saturated rings. The molecule has 0 unspecified atom stereocenters. The van der Waals surface area contributed by atoms with Crippen molar-refractivity contribution in [3.63, 3.8) is 0 Å². The molecule has 3 nitrogen and oxygen atoms in total. The van der Waals surface area contributed by atoms with Crippen LogP contribution in [-0.2, 0) is 0 Å². The Balaban J connectivity index is 2.91. The van der Waals surface area contributed by atoms with Gasteiger partial charge in [-0.15, -0.1) is 0 Å². The zero-order chi connectivity index (χ0) is 8.27. The smallest absolute Gasteiger partial charge is 0.153 e. The van der Waals surface area contributed by atoms with E-state index in [9.17, 15) is 0 Å². The zero-order valence-electron chi connectivity index (χ0n) is 6.08. The van der Waals surface area contributed by atoms with E-state index in [1.54, 1.807) is 25.4 Å². The van der Waals surface area contributed by atoms with E-state index in [4.69, 9.17) is 5.73 Å². The van der Waals surface area contributed by atoms with Crippen LogP contribution in [0.2, 0.25) is 0 Å². The molecule has 11 heavy (non-hydrogen) atoms. The molecule has 0 spiro atoms. The van der Waals surface area contributed by atoms with Crippen LogP contribution in [0.15, 0.2) is 22.6 Å². The second-order valence-corrected chi connectivity index (χ2v) is 3.06. The summed E-state index contributed by atoms with van der Waals surface area (Å²) in [6.07, 6.45) is 5.08. The average molecular weight is 214 g/mol. The average Bonchev–Trinajstić information content (AvgIpc) is 1.93. The maximum atomic E-state index is 5.43. The van der Waals surface area contributed by atoms with E-state index in [0.717, 1.165) is 4.47 Å². The van der Waals surface area contributed by atoms with Crippen LogP contribution in [-0.4, -0.2) is 9.97 Å². The van der Waals surface area contributed by atoms with Crippen molar-refractivity contribution in [2.24, 2.45) is 5.73 Å². The minimum Gasteiger partial charge on any atom is -0.402 e. The van der Waals surface area contributed by atoms with Gasteiger partial charge in [-0.25, -0.2) is 9.97 Å². The molecule has 0 aliphatic carbocycles. The lowest BCUT2D eigenvalue weighted by molar-refractivity contribution is 1.11. The predicted octanol–water partition coefficient (Wildman–Crippen LogP) is 1.56. The highest BCUT2D eigenvalue weighted by molar-refractivity contribution is 9.10. The van der Waals surface area contributed by atoms with Gasteiger partial charge < -0.3 is 5.73 Å². The van der Waals surface area contributed by atoms with E-state index < -0.39 is 0 Å². The molecule has 0 aromatic carbocycles. The van der Waals surface area contributed by atoms with Gasteiger partial charge in [0.15, 0.2) is 5.82 Å². The zero-order valence-corrected chi connectivity index (χ0v) is 7.67. The number of nitrogens with two attached hydrogens (primary N) is 1. The third-order valence-corrected chi connectivity index (χ3v) is 1.41. The molecule has 0 aliphatic rings. The minimum absolute atomic E-state index is 0.633. The van der Waals surface area contributed by atoms with Crippen LogP contribution in [0.1, 0.15) is 12.7 Å². The van der Waals surface area contributed by atoms with E-state index in [2.05, 4.69) is 25.9 Å². The molecule has 58 valence electrons. The Morgan fingerprint density at radius 1 is 1.55 bits per heavy atom. The molecule has 0 saturated heterocycles. The van der Waals surface area contributed by atoms with Crippen LogP contribution in [0.25, 0.3) is 6.08 Å². The molecule has 0 amide bonds. The van der Waals surface area contributed by atoms with E-state index in [-0.39, 0.29) is 0 Å². The molecule has 0 bridgehead atoms. The first kappa shape index (κ1) is 8.20. The van der Waals surface area contributed by atoms with Crippen LogP contribution in [0.3, 0.4) is 0 Å². The van der Waals surface area contributed by atoms with E-state index >= 15 is 0 Å². The Morgan fingerprint density at radius 2 is 2.09 bits per heavy atom. The Morgan fingerprint density at radius 3 is 2.55 bits per heavy atom. The van der Waals surface area contributed by atoms with Crippen LogP contribution in [0.4, 0.5) is 0 Å². The summed E-state index contributed by atoms with van der Waals surface area (Å²) in [5.74, 6) is 0.633. The molecule has 1 heterocycles. The SMILES string of the molecule is C/C(N)=C/c1ncc(Br)cn1. The third-order valence-electron chi connectivity index (χ3n) is 0.997. The third kappa shape index (κ3) is 2.67.